The Morgan fingerprint density at radius 1 is 1.11 bits per heavy atom. The van der Waals surface area contributed by atoms with Crippen molar-refractivity contribution in [1.82, 2.24) is 15.2 Å². The van der Waals surface area contributed by atoms with E-state index in [1.165, 1.54) is 12.1 Å². The number of nitrogens with zero attached hydrogens (tertiary/aromatic N) is 2. The van der Waals surface area contributed by atoms with Gasteiger partial charge in [-0.1, -0.05) is 24.3 Å². The Hall–Kier alpha value is -3.45. The van der Waals surface area contributed by atoms with Crippen LogP contribution in [0, 0.1) is 0 Å². The zero-order valence-corrected chi connectivity index (χ0v) is 14.9. The number of benzene rings is 3. The number of carbonyl (C=O) groups is 1. The lowest BCUT2D eigenvalue weighted by atomic mass is 10.0. The van der Waals surface area contributed by atoms with Crippen molar-refractivity contribution in [1.29, 1.82) is 0 Å². The molecule has 0 spiro atoms. The first-order valence-corrected chi connectivity index (χ1v) is 9.12. The van der Waals surface area contributed by atoms with Crippen LogP contribution in [0.25, 0.3) is 33.3 Å². The number of nitrogens with one attached hydrogen (secondary N) is 1. The van der Waals surface area contributed by atoms with E-state index in [-0.39, 0.29) is 34.0 Å². The van der Waals surface area contributed by atoms with E-state index in [0.717, 1.165) is 0 Å². The van der Waals surface area contributed by atoms with Gasteiger partial charge < -0.3 is 19.7 Å². The first kappa shape index (κ1) is 16.7. The molecule has 0 saturated carbocycles. The number of amides is 1. The minimum Gasteiger partial charge on any atom is -0.507 e. The third-order valence-corrected chi connectivity index (χ3v) is 5.12. The summed E-state index contributed by atoms with van der Waals surface area (Å²) in [6.07, 6.45) is 0. The Bertz CT molecular complexity index is 1260. The smallest absolute Gasteiger partial charge is 0.261 e. The maximum Gasteiger partial charge on any atom is 0.261 e. The van der Waals surface area contributed by atoms with Crippen LogP contribution in [0.5, 0.6) is 5.75 Å². The summed E-state index contributed by atoms with van der Waals surface area (Å²) >= 11 is 0. The standard InChI is InChI=1S/C21H17N3O4/c25-15-6-5-14-20(18(15)21(27)24-9-7-22-8-10-24)28-17-11-16(26)12-3-1-2-4-13(12)19(17)23-14/h1-6,11,22,25H,7-10H2. The van der Waals surface area contributed by atoms with Gasteiger partial charge in [-0.2, -0.15) is 0 Å². The number of aromatic hydroxyl groups is 1. The van der Waals surface area contributed by atoms with Crippen molar-refractivity contribution >= 4 is 27.8 Å². The number of aromatic nitrogens is 1. The minimum absolute atomic E-state index is 0.0782. The highest BCUT2D eigenvalue weighted by atomic mass is 16.3. The number of fused-ring (bicyclic) bond motifs is 4. The van der Waals surface area contributed by atoms with Crippen molar-refractivity contribution in [3.05, 3.63) is 58.3 Å². The van der Waals surface area contributed by atoms with E-state index < -0.39 is 0 Å². The Morgan fingerprint density at radius 2 is 1.86 bits per heavy atom. The molecule has 0 aromatic heterocycles. The van der Waals surface area contributed by atoms with Crippen molar-refractivity contribution in [3.8, 4) is 17.2 Å². The summed E-state index contributed by atoms with van der Waals surface area (Å²) in [5.74, 6) is -0.183. The summed E-state index contributed by atoms with van der Waals surface area (Å²) in [6, 6.07) is 11.7. The molecule has 0 unspecified atom stereocenters. The molecule has 3 aliphatic rings. The molecule has 140 valence electrons. The third kappa shape index (κ3) is 2.51. The average Bonchev–Trinajstić information content (AvgIpc) is 2.73. The van der Waals surface area contributed by atoms with Gasteiger partial charge in [0.15, 0.2) is 16.8 Å². The molecule has 2 aliphatic heterocycles. The van der Waals surface area contributed by atoms with Crippen molar-refractivity contribution in [3.63, 3.8) is 0 Å². The summed E-state index contributed by atoms with van der Waals surface area (Å²) in [4.78, 5) is 31.8. The predicted octanol–water partition coefficient (Wildman–Crippen LogP) is 2.20. The monoisotopic (exact) mass is 375 g/mol. The van der Waals surface area contributed by atoms with Gasteiger partial charge in [-0.15, -0.1) is 0 Å². The molecule has 2 aromatic carbocycles. The highest BCUT2D eigenvalue weighted by Gasteiger charge is 2.26. The Labute approximate surface area is 159 Å². The molecule has 7 heteroatoms. The maximum absolute atomic E-state index is 13.0. The van der Waals surface area contributed by atoms with Gasteiger partial charge in [-0.05, 0) is 12.1 Å². The quantitative estimate of drug-likeness (QED) is 0.391. The fraction of sp³-hybridized carbons (Fsp3) is 0.190. The highest BCUT2D eigenvalue weighted by Crippen LogP contribution is 2.34. The second kappa shape index (κ2) is 6.31. The first-order chi connectivity index (χ1) is 13.6. The second-order valence-corrected chi connectivity index (χ2v) is 6.83. The molecule has 0 bridgehead atoms. The van der Waals surface area contributed by atoms with Crippen LogP contribution < -0.4 is 10.7 Å². The summed E-state index contributed by atoms with van der Waals surface area (Å²) in [7, 11) is 0. The molecule has 7 nitrogen and oxygen atoms in total. The number of phenolic OH excluding ortho intramolecular Hbond substituents is 1. The van der Waals surface area contributed by atoms with Gasteiger partial charge in [-0.25, -0.2) is 4.98 Å². The number of rotatable bonds is 1. The molecule has 0 atom stereocenters. The summed E-state index contributed by atoms with van der Waals surface area (Å²) in [5, 5.41) is 14.8. The largest absolute Gasteiger partial charge is 0.507 e. The normalized spacial score (nSPS) is 14.8. The second-order valence-electron chi connectivity index (χ2n) is 6.83. The molecule has 0 radical (unpaired) electrons. The van der Waals surface area contributed by atoms with Gasteiger partial charge in [0.25, 0.3) is 5.91 Å². The van der Waals surface area contributed by atoms with Crippen LogP contribution in [-0.2, 0) is 0 Å². The van der Waals surface area contributed by atoms with E-state index in [2.05, 4.69) is 10.3 Å². The summed E-state index contributed by atoms with van der Waals surface area (Å²) in [6.45, 7) is 2.48. The number of phenols is 1. The molecular formula is C21H17N3O4. The fourth-order valence-electron chi connectivity index (χ4n) is 3.71. The van der Waals surface area contributed by atoms with Crippen molar-refractivity contribution in [2.45, 2.75) is 0 Å². The lowest BCUT2D eigenvalue weighted by Gasteiger charge is -2.27. The number of carbonyl (C=O) groups excluding carboxylic acids is 1. The zero-order chi connectivity index (χ0) is 19.3. The van der Waals surface area contributed by atoms with Crippen LogP contribution in [0.4, 0.5) is 0 Å². The molecule has 2 heterocycles. The average molecular weight is 375 g/mol. The van der Waals surface area contributed by atoms with Crippen LogP contribution in [-0.4, -0.2) is 47.1 Å². The van der Waals surface area contributed by atoms with Crippen molar-refractivity contribution < 1.29 is 14.3 Å². The fourth-order valence-corrected chi connectivity index (χ4v) is 3.71. The van der Waals surface area contributed by atoms with Gasteiger partial charge in [-0.3, -0.25) is 9.59 Å². The SMILES string of the molecule is O=C(c1c(O)ccc2nc3c4ccccc4c(=O)cc-3oc12)N1CCNCC1. The van der Waals surface area contributed by atoms with Crippen LogP contribution >= 0.6 is 0 Å². The molecule has 1 amide bonds. The van der Waals surface area contributed by atoms with E-state index in [4.69, 9.17) is 4.42 Å². The Balaban J connectivity index is 1.79. The van der Waals surface area contributed by atoms with E-state index in [0.29, 0.717) is 48.2 Å². The van der Waals surface area contributed by atoms with Crippen LogP contribution in [0.2, 0.25) is 0 Å². The van der Waals surface area contributed by atoms with Gasteiger partial charge in [0, 0.05) is 43.0 Å². The lowest BCUT2D eigenvalue weighted by molar-refractivity contribution is 0.0733. The topological polar surface area (TPSA) is 95.7 Å². The lowest BCUT2D eigenvalue weighted by Crippen LogP contribution is -2.46. The number of hydrogen-bond acceptors (Lipinski definition) is 6. The number of hydrogen-bond donors (Lipinski definition) is 2. The Morgan fingerprint density at radius 3 is 2.64 bits per heavy atom. The van der Waals surface area contributed by atoms with Crippen molar-refractivity contribution in [2.24, 2.45) is 0 Å². The zero-order valence-electron chi connectivity index (χ0n) is 14.9. The van der Waals surface area contributed by atoms with E-state index in [1.807, 2.05) is 12.1 Å². The van der Waals surface area contributed by atoms with E-state index in [1.54, 1.807) is 23.1 Å². The molecule has 1 aliphatic carbocycles. The van der Waals surface area contributed by atoms with Crippen LogP contribution in [0.15, 0.2) is 51.7 Å². The van der Waals surface area contributed by atoms with Crippen LogP contribution in [0.1, 0.15) is 10.4 Å². The van der Waals surface area contributed by atoms with Gasteiger partial charge in [0.1, 0.15) is 22.5 Å². The number of piperazine rings is 1. The molecular weight excluding hydrogens is 358 g/mol. The third-order valence-electron chi connectivity index (χ3n) is 5.12. The van der Waals surface area contributed by atoms with Gasteiger partial charge in [0.05, 0.1) is 0 Å². The maximum atomic E-state index is 13.0. The summed E-state index contributed by atoms with van der Waals surface area (Å²) in [5.41, 5.74) is 1.09. The van der Waals surface area contributed by atoms with Gasteiger partial charge >= 0.3 is 0 Å². The van der Waals surface area contributed by atoms with Gasteiger partial charge in [0.2, 0.25) is 0 Å². The molecule has 2 N–H and O–H groups in total. The molecule has 28 heavy (non-hydrogen) atoms. The molecule has 1 saturated heterocycles. The van der Waals surface area contributed by atoms with Crippen LogP contribution in [0.3, 0.4) is 0 Å². The Kier molecular flexibility index (Phi) is 3.77. The first-order valence-electron chi connectivity index (χ1n) is 9.12. The van der Waals surface area contributed by atoms with E-state index in [9.17, 15) is 14.7 Å². The summed E-state index contributed by atoms with van der Waals surface area (Å²) < 4.78 is 5.97. The molecule has 2 aromatic rings. The van der Waals surface area contributed by atoms with Crippen molar-refractivity contribution in [2.75, 3.05) is 26.2 Å². The van der Waals surface area contributed by atoms with E-state index >= 15 is 0 Å². The molecule has 5 rings (SSSR count). The molecule has 1 fully saturated rings. The highest BCUT2D eigenvalue weighted by molar-refractivity contribution is 6.07. The minimum atomic E-state index is -0.308. The predicted molar refractivity (Wildman–Crippen MR) is 105 cm³/mol.